The third-order valence-electron chi connectivity index (χ3n) is 3.58. The lowest BCUT2D eigenvalue weighted by atomic mass is 9.80. The van der Waals surface area contributed by atoms with Gasteiger partial charge in [0.25, 0.3) is 0 Å². The molecule has 0 saturated heterocycles. The van der Waals surface area contributed by atoms with Crippen LogP contribution in [-0.2, 0) is 0 Å². The molecule has 1 fully saturated rings. The van der Waals surface area contributed by atoms with Crippen LogP contribution in [0.15, 0.2) is 10.7 Å². The molecule has 1 heterocycles. The van der Waals surface area contributed by atoms with Crippen molar-refractivity contribution in [3.05, 3.63) is 16.5 Å². The lowest BCUT2D eigenvalue weighted by Gasteiger charge is -2.26. The summed E-state index contributed by atoms with van der Waals surface area (Å²) < 4.78 is 0.790. The van der Waals surface area contributed by atoms with Crippen LogP contribution in [0.2, 0.25) is 0 Å². The predicted molar refractivity (Wildman–Crippen MR) is 69.1 cm³/mol. The maximum Gasteiger partial charge on any atom is 0.141 e. The number of nitrogens with zero attached hydrogens (tertiary/aromatic N) is 2. The first-order valence-corrected chi connectivity index (χ1v) is 6.78. The summed E-state index contributed by atoms with van der Waals surface area (Å²) >= 11 is 3.32. The molecule has 0 aromatic carbocycles. The van der Waals surface area contributed by atoms with Crippen molar-refractivity contribution in [2.45, 2.75) is 44.9 Å². The molecule has 1 saturated carbocycles. The van der Waals surface area contributed by atoms with Gasteiger partial charge in [0.05, 0.1) is 4.47 Å². The Kier molecular flexibility index (Phi) is 3.79. The molecule has 0 amide bonds. The summed E-state index contributed by atoms with van der Waals surface area (Å²) in [4.78, 5) is 8.74. The van der Waals surface area contributed by atoms with E-state index in [0.717, 1.165) is 16.2 Å². The molecule has 3 nitrogen and oxygen atoms in total. The van der Waals surface area contributed by atoms with Crippen molar-refractivity contribution < 1.29 is 0 Å². The Morgan fingerprint density at radius 3 is 2.62 bits per heavy atom. The van der Waals surface area contributed by atoms with E-state index in [1.165, 1.54) is 32.1 Å². The number of halogens is 1. The van der Waals surface area contributed by atoms with Gasteiger partial charge in [-0.3, -0.25) is 0 Å². The van der Waals surface area contributed by atoms with Crippen molar-refractivity contribution >= 4 is 21.7 Å². The van der Waals surface area contributed by atoms with E-state index in [0.29, 0.717) is 11.7 Å². The standard InChI is InChI=1S/C12H18BrN3/c1-2-8-3-5-9(6-4-8)12-15-7-10(13)11(14)16-12/h7-9H,2-6H2,1H3,(H2,14,15,16). The van der Waals surface area contributed by atoms with Crippen molar-refractivity contribution in [1.29, 1.82) is 0 Å². The molecule has 0 aliphatic heterocycles. The highest BCUT2D eigenvalue weighted by Crippen LogP contribution is 2.35. The van der Waals surface area contributed by atoms with Crippen LogP contribution in [0, 0.1) is 5.92 Å². The van der Waals surface area contributed by atoms with E-state index in [9.17, 15) is 0 Å². The Bertz CT molecular complexity index is 359. The Labute approximate surface area is 105 Å². The largest absolute Gasteiger partial charge is 0.383 e. The van der Waals surface area contributed by atoms with Gasteiger partial charge in [0, 0.05) is 12.1 Å². The zero-order valence-corrected chi connectivity index (χ0v) is 11.2. The third-order valence-corrected chi connectivity index (χ3v) is 4.19. The minimum Gasteiger partial charge on any atom is -0.383 e. The van der Waals surface area contributed by atoms with Gasteiger partial charge in [0.15, 0.2) is 0 Å². The van der Waals surface area contributed by atoms with E-state index in [1.54, 1.807) is 6.20 Å². The minimum atomic E-state index is 0.512. The molecule has 88 valence electrons. The molecule has 2 rings (SSSR count). The van der Waals surface area contributed by atoms with Crippen LogP contribution in [0.3, 0.4) is 0 Å². The molecular formula is C12H18BrN3. The molecule has 0 radical (unpaired) electrons. The Balaban J connectivity index is 2.05. The lowest BCUT2D eigenvalue weighted by molar-refractivity contribution is 0.312. The van der Waals surface area contributed by atoms with Crippen molar-refractivity contribution in [3.63, 3.8) is 0 Å². The molecule has 0 spiro atoms. The summed E-state index contributed by atoms with van der Waals surface area (Å²) in [5, 5.41) is 0. The first kappa shape index (κ1) is 11.8. The maximum absolute atomic E-state index is 5.78. The zero-order valence-electron chi connectivity index (χ0n) is 9.62. The predicted octanol–water partition coefficient (Wildman–Crippen LogP) is 3.51. The van der Waals surface area contributed by atoms with Crippen molar-refractivity contribution in [2.75, 3.05) is 5.73 Å². The molecule has 0 unspecified atom stereocenters. The van der Waals surface area contributed by atoms with Crippen molar-refractivity contribution in [2.24, 2.45) is 5.92 Å². The van der Waals surface area contributed by atoms with Gasteiger partial charge in [-0.05, 0) is 47.5 Å². The normalized spacial score (nSPS) is 25.6. The summed E-state index contributed by atoms with van der Waals surface area (Å²) in [6, 6.07) is 0. The fourth-order valence-electron chi connectivity index (χ4n) is 2.42. The second-order valence-corrected chi connectivity index (χ2v) is 5.44. The number of rotatable bonds is 2. The summed E-state index contributed by atoms with van der Waals surface area (Å²) in [6.45, 7) is 2.28. The molecule has 4 heteroatoms. The number of anilines is 1. The Morgan fingerprint density at radius 1 is 1.38 bits per heavy atom. The van der Waals surface area contributed by atoms with Gasteiger partial charge in [-0.2, -0.15) is 0 Å². The molecule has 16 heavy (non-hydrogen) atoms. The lowest BCUT2D eigenvalue weighted by Crippen LogP contribution is -2.15. The van der Waals surface area contributed by atoms with Gasteiger partial charge in [-0.25, -0.2) is 9.97 Å². The summed E-state index contributed by atoms with van der Waals surface area (Å²) in [5.74, 6) is 2.90. The summed E-state index contributed by atoms with van der Waals surface area (Å²) in [5.41, 5.74) is 5.78. The minimum absolute atomic E-state index is 0.512. The first-order valence-electron chi connectivity index (χ1n) is 5.98. The number of nitrogens with two attached hydrogens (primary N) is 1. The summed E-state index contributed by atoms with van der Waals surface area (Å²) in [7, 11) is 0. The van der Waals surface area contributed by atoms with Gasteiger partial charge in [-0.15, -0.1) is 0 Å². The van der Waals surface area contributed by atoms with Crippen LogP contribution >= 0.6 is 15.9 Å². The number of aromatic nitrogens is 2. The van der Waals surface area contributed by atoms with Gasteiger partial charge in [0.2, 0.25) is 0 Å². The van der Waals surface area contributed by atoms with Crippen LogP contribution in [0.4, 0.5) is 5.82 Å². The van der Waals surface area contributed by atoms with Gasteiger partial charge < -0.3 is 5.73 Å². The molecular weight excluding hydrogens is 266 g/mol. The molecule has 0 bridgehead atoms. The molecule has 1 aliphatic rings. The molecule has 1 aliphatic carbocycles. The number of hydrogen-bond donors (Lipinski definition) is 1. The summed E-state index contributed by atoms with van der Waals surface area (Å²) in [6.07, 6.45) is 8.10. The molecule has 1 aromatic rings. The van der Waals surface area contributed by atoms with Crippen LogP contribution in [-0.4, -0.2) is 9.97 Å². The smallest absolute Gasteiger partial charge is 0.141 e. The van der Waals surface area contributed by atoms with Gasteiger partial charge in [-0.1, -0.05) is 13.3 Å². The first-order chi connectivity index (χ1) is 7.70. The second-order valence-electron chi connectivity index (χ2n) is 4.59. The highest BCUT2D eigenvalue weighted by molar-refractivity contribution is 9.10. The van der Waals surface area contributed by atoms with E-state index in [2.05, 4.69) is 32.8 Å². The quantitative estimate of drug-likeness (QED) is 0.904. The topological polar surface area (TPSA) is 51.8 Å². The SMILES string of the molecule is CCC1CCC(c2ncc(Br)c(N)n2)CC1. The monoisotopic (exact) mass is 283 g/mol. The van der Waals surface area contributed by atoms with Crippen LogP contribution in [0.1, 0.15) is 50.8 Å². The molecule has 2 N–H and O–H groups in total. The van der Waals surface area contributed by atoms with Crippen molar-refractivity contribution in [3.8, 4) is 0 Å². The highest BCUT2D eigenvalue weighted by Gasteiger charge is 2.23. The van der Waals surface area contributed by atoms with E-state index in [-0.39, 0.29) is 0 Å². The average Bonchev–Trinajstić information content (AvgIpc) is 2.33. The van der Waals surface area contributed by atoms with Crippen LogP contribution < -0.4 is 5.73 Å². The average molecular weight is 284 g/mol. The van der Waals surface area contributed by atoms with E-state index < -0.39 is 0 Å². The van der Waals surface area contributed by atoms with Crippen LogP contribution in [0.25, 0.3) is 0 Å². The van der Waals surface area contributed by atoms with Gasteiger partial charge >= 0.3 is 0 Å². The molecule has 0 atom stereocenters. The second kappa shape index (κ2) is 5.13. The highest BCUT2D eigenvalue weighted by atomic mass is 79.9. The van der Waals surface area contributed by atoms with E-state index in [1.807, 2.05) is 0 Å². The fourth-order valence-corrected chi connectivity index (χ4v) is 2.61. The van der Waals surface area contributed by atoms with E-state index in [4.69, 9.17) is 5.73 Å². The Hall–Kier alpha value is -0.640. The van der Waals surface area contributed by atoms with E-state index >= 15 is 0 Å². The van der Waals surface area contributed by atoms with Crippen molar-refractivity contribution in [1.82, 2.24) is 9.97 Å². The maximum atomic E-state index is 5.78. The number of hydrogen-bond acceptors (Lipinski definition) is 3. The van der Waals surface area contributed by atoms with Gasteiger partial charge in [0.1, 0.15) is 11.6 Å². The third kappa shape index (κ3) is 2.54. The molecule has 1 aromatic heterocycles. The number of nitrogen functional groups attached to an aromatic ring is 1. The zero-order chi connectivity index (χ0) is 11.5. The fraction of sp³-hybridized carbons (Fsp3) is 0.667. The van der Waals surface area contributed by atoms with Crippen LogP contribution in [0.5, 0.6) is 0 Å². The Morgan fingerprint density at radius 2 is 2.06 bits per heavy atom.